The number of aliphatic hydroxyl groups is 1. The van der Waals surface area contributed by atoms with E-state index in [0.29, 0.717) is 6.04 Å². The van der Waals surface area contributed by atoms with E-state index in [1.807, 2.05) is 4.90 Å². The van der Waals surface area contributed by atoms with Crippen molar-refractivity contribution >= 4 is 6.03 Å². The standard InChI is InChI=1S/C17H32N2O2/c1-3-14-5-7-15(8-6-14)18-16(21)19-11-9-17(4-2,13-20)10-12-19/h14-15,20H,3-13H2,1-2H3,(H,18,21). The fourth-order valence-corrected chi connectivity index (χ4v) is 3.79. The second-order valence-electron chi connectivity index (χ2n) is 7.07. The molecule has 2 amide bonds. The van der Waals surface area contributed by atoms with E-state index in [1.54, 1.807) is 0 Å². The van der Waals surface area contributed by atoms with Crippen LogP contribution in [0.5, 0.6) is 0 Å². The average molecular weight is 296 g/mol. The highest BCUT2D eigenvalue weighted by atomic mass is 16.3. The summed E-state index contributed by atoms with van der Waals surface area (Å²) in [5.74, 6) is 0.864. The van der Waals surface area contributed by atoms with E-state index in [2.05, 4.69) is 19.2 Å². The van der Waals surface area contributed by atoms with Crippen molar-refractivity contribution in [2.45, 2.75) is 71.3 Å². The Kier molecular flexibility index (Phi) is 5.91. The minimum Gasteiger partial charge on any atom is -0.396 e. The van der Waals surface area contributed by atoms with E-state index < -0.39 is 0 Å². The van der Waals surface area contributed by atoms with Crippen LogP contribution in [0.3, 0.4) is 0 Å². The van der Waals surface area contributed by atoms with Crippen molar-refractivity contribution in [3.63, 3.8) is 0 Å². The molecule has 1 heterocycles. The Bertz CT molecular complexity index is 324. The average Bonchev–Trinajstić information content (AvgIpc) is 2.55. The Balaban J connectivity index is 1.75. The molecule has 0 unspecified atom stereocenters. The number of rotatable bonds is 4. The zero-order chi connectivity index (χ0) is 15.3. The van der Waals surface area contributed by atoms with Crippen molar-refractivity contribution in [1.29, 1.82) is 0 Å². The molecule has 0 aromatic rings. The summed E-state index contributed by atoms with van der Waals surface area (Å²) < 4.78 is 0. The van der Waals surface area contributed by atoms with Gasteiger partial charge in [0, 0.05) is 25.7 Å². The summed E-state index contributed by atoms with van der Waals surface area (Å²) in [5.41, 5.74) is 0.0516. The number of likely N-dealkylation sites (tertiary alicyclic amines) is 1. The van der Waals surface area contributed by atoms with Crippen LogP contribution in [0.1, 0.15) is 65.2 Å². The Labute approximate surface area is 129 Å². The summed E-state index contributed by atoms with van der Waals surface area (Å²) in [6, 6.07) is 0.480. The van der Waals surface area contributed by atoms with Crippen LogP contribution in [0, 0.1) is 11.3 Å². The number of hydrogen-bond donors (Lipinski definition) is 2. The van der Waals surface area contributed by atoms with Crippen molar-refractivity contribution in [3.8, 4) is 0 Å². The first-order valence-electron chi connectivity index (χ1n) is 8.78. The minimum absolute atomic E-state index is 0.0516. The molecule has 1 saturated heterocycles. The van der Waals surface area contributed by atoms with Gasteiger partial charge in [0.1, 0.15) is 0 Å². The van der Waals surface area contributed by atoms with Gasteiger partial charge in [-0.3, -0.25) is 0 Å². The van der Waals surface area contributed by atoms with Gasteiger partial charge < -0.3 is 15.3 Å². The van der Waals surface area contributed by atoms with Crippen LogP contribution in [-0.2, 0) is 0 Å². The second-order valence-corrected chi connectivity index (χ2v) is 7.07. The summed E-state index contributed by atoms with van der Waals surface area (Å²) in [7, 11) is 0. The molecule has 0 aromatic carbocycles. The molecule has 1 aliphatic heterocycles. The van der Waals surface area contributed by atoms with Crippen molar-refractivity contribution in [2.75, 3.05) is 19.7 Å². The fourth-order valence-electron chi connectivity index (χ4n) is 3.79. The van der Waals surface area contributed by atoms with Crippen LogP contribution in [0.25, 0.3) is 0 Å². The first-order valence-corrected chi connectivity index (χ1v) is 8.78. The fraction of sp³-hybridized carbons (Fsp3) is 0.941. The molecule has 0 spiro atoms. The third-order valence-electron chi connectivity index (χ3n) is 5.95. The SMILES string of the molecule is CCC1CCC(NC(=O)N2CCC(CC)(CO)CC2)CC1. The smallest absolute Gasteiger partial charge is 0.317 e. The first kappa shape index (κ1) is 16.6. The van der Waals surface area contributed by atoms with E-state index in [0.717, 1.165) is 51.1 Å². The van der Waals surface area contributed by atoms with Crippen molar-refractivity contribution in [1.82, 2.24) is 10.2 Å². The molecule has 4 heteroatoms. The van der Waals surface area contributed by atoms with Gasteiger partial charge in [0.25, 0.3) is 0 Å². The monoisotopic (exact) mass is 296 g/mol. The molecule has 2 N–H and O–H groups in total. The van der Waals surface area contributed by atoms with Crippen molar-refractivity contribution < 1.29 is 9.90 Å². The number of nitrogens with zero attached hydrogens (tertiary/aromatic N) is 1. The van der Waals surface area contributed by atoms with Crippen molar-refractivity contribution in [2.24, 2.45) is 11.3 Å². The Hall–Kier alpha value is -0.770. The largest absolute Gasteiger partial charge is 0.396 e. The van der Waals surface area contributed by atoms with E-state index in [9.17, 15) is 9.90 Å². The van der Waals surface area contributed by atoms with Gasteiger partial charge in [0.15, 0.2) is 0 Å². The third-order valence-corrected chi connectivity index (χ3v) is 5.95. The number of hydrogen-bond acceptors (Lipinski definition) is 2. The summed E-state index contributed by atoms with van der Waals surface area (Å²) in [6.45, 7) is 6.21. The zero-order valence-electron chi connectivity index (χ0n) is 13.7. The highest BCUT2D eigenvalue weighted by Crippen LogP contribution is 2.34. The number of carbonyl (C=O) groups excluding carboxylic acids is 1. The quantitative estimate of drug-likeness (QED) is 0.837. The summed E-state index contributed by atoms with van der Waals surface area (Å²) in [6.07, 6.45) is 8.90. The topological polar surface area (TPSA) is 52.6 Å². The van der Waals surface area contributed by atoms with E-state index in [-0.39, 0.29) is 18.1 Å². The molecule has 1 aliphatic carbocycles. The maximum absolute atomic E-state index is 12.4. The number of aliphatic hydroxyl groups excluding tert-OH is 1. The lowest BCUT2D eigenvalue weighted by molar-refractivity contribution is 0.0511. The molecule has 1 saturated carbocycles. The highest BCUT2D eigenvalue weighted by molar-refractivity contribution is 5.74. The number of urea groups is 1. The lowest BCUT2D eigenvalue weighted by atomic mass is 9.77. The summed E-state index contributed by atoms with van der Waals surface area (Å²) in [5, 5.41) is 12.8. The van der Waals surface area contributed by atoms with Crippen molar-refractivity contribution in [3.05, 3.63) is 0 Å². The van der Waals surface area contributed by atoms with Crippen LogP contribution in [-0.4, -0.2) is 41.8 Å². The molecular weight excluding hydrogens is 264 g/mol. The molecule has 2 fully saturated rings. The van der Waals surface area contributed by atoms with Gasteiger partial charge in [0.2, 0.25) is 0 Å². The number of nitrogens with one attached hydrogen (secondary N) is 1. The number of piperidine rings is 1. The minimum atomic E-state index is 0.0516. The first-order chi connectivity index (χ1) is 10.1. The maximum Gasteiger partial charge on any atom is 0.317 e. The normalized spacial score (nSPS) is 29.2. The second kappa shape index (κ2) is 7.48. The van der Waals surface area contributed by atoms with Crippen LogP contribution < -0.4 is 5.32 Å². The van der Waals surface area contributed by atoms with Gasteiger partial charge in [-0.1, -0.05) is 20.3 Å². The number of carbonyl (C=O) groups is 1. The predicted molar refractivity (Wildman–Crippen MR) is 85.2 cm³/mol. The Morgan fingerprint density at radius 1 is 1.19 bits per heavy atom. The van der Waals surface area contributed by atoms with Gasteiger partial charge in [-0.15, -0.1) is 0 Å². The van der Waals surface area contributed by atoms with E-state index >= 15 is 0 Å². The molecule has 2 aliphatic rings. The zero-order valence-corrected chi connectivity index (χ0v) is 13.7. The lowest BCUT2D eigenvalue weighted by Gasteiger charge is -2.41. The summed E-state index contributed by atoms with van der Waals surface area (Å²) in [4.78, 5) is 14.3. The van der Waals surface area contributed by atoms with Gasteiger partial charge in [0.05, 0.1) is 0 Å². The van der Waals surface area contributed by atoms with Gasteiger partial charge in [-0.05, 0) is 56.3 Å². The van der Waals surface area contributed by atoms with Gasteiger partial charge >= 0.3 is 6.03 Å². The predicted octanol–water partition coefficient (Wildman–Crippen LogP) is 3.15. The van der Waals surface area contributed by atoms with E-state index in [4.69, 9.17) is 0 Å². The van der Waals surface area contributed by atoms with Gasteiger partial charge in [-0.25, -0.2) is 4.79 Å². The molecule has 0 atom stereocenters. The molecule has 0 radical (unpaired) electrons. The number of amides is 2. The molecule has 21 heavy (non-hydrogen) atoms. The lowest BCUT2D eigenvalue weighted by Crippen LogP contribution is -2.51. The molecule has 0 bridgehead atoms. The van der Waals surface area contributed by atoms with Crippen LogP contribution >= 0.6 is 0 Å². The van der Waals surface area contributed by atoms with Crippen LogP contribution in [0.2, 0.25) is 0 Å². The maximum atomic E-state index is 12.4. The van der Waals surface area contributed by atoms with Crippen LogP contribution in [0.15, 0.2) is 0 Å². The molecule has 0 aromatic heterocycles. The Morgan fingerprint density at radius 3 is 2.29 bits per heavy atom. The summed E-state index contributed by atoms with van der Waals surface area (Å²) >= 11 is 0. The molecule has 2 rings (SSSR count). The van der Waals surface area contributed by atoms with E-state index in [1.165, 1.54) is 19.3 Å². The van der Waals surface area contributed by atoms with Gasteiger partial charge in [-0.2, -0.15) is 0 Å². The molecule has 122 valence electrons. The molecule has 4 nitrogen and oxygen atoms in total. The Morgan fingerprint density at radius 2 is 1.81 bits per heavy atom. The van der Waals surface area contributed by atoms with Crippen LogP contribution in [0.4, 0.5) is 4.79 Å². The third kappa shape index (κ3) is 4.12. The highest BCUT2D eigenvalue weighted by Gasteiger charge is 2.34. The molecular formula is C17H32N2O2.